The van der Waals surface area contributed by atoms with Crippen LogP contribution >= 0.6 is 0 Å². The summed E-state index contributed by atoms with van der Waals surface area (Å²) in [5.41, 5.74) is 6.88. The number of benzene rings is 1. The third-order valence-corrected chi connectivity index (χ3v) is 2.87. The van der Waals surface area contributed by atoms with Crippen molar-refractivity contribution in [3.63, 3.8) is 0 Å². The van der Waals surface area contributed by atoms with Crippen molar-refractivity contribution in [1.29, 1.82) is 0 Å². The number of carbonyl (C=O) groups excluding carboxylic acids is 1. The van der Waals surface area contributed by atoms with Gasteiger partial charge in [-0.25, -0.2) is 0 Å². The predicted molar refractivity (Wildman–Crippen MR) is 81.0 cm³/mol. The minimum Gasteiger partial charge on any atom is -0.494 e. The maximum Gasteiger partial charge on any atom is 0.226 e. The maximum atomic E-state index is 11.8. The van der Waals surface area contributed by atoms with Gasteiger partial charge in [-0.15, -0.1) is 0 Å². The van der Waals surface area contributed by atoms with E-state index in [1.807, 2.05) is 0 Å². The van der Waals surface area contributed by atoms with Gasteiger partial charge in [-0.1, -0.05) is 19.8 Å². The molecule has 112 valence electrons. The fourth-order valence-electron chi connectivity index (χ4n) is 1.74. The van der Waals surface area contributed by atoms with Crippen molar-refractivity contribution in [2.75, 3.05) is 31.4 Å². The standard InChI is InChI=1S/C15H24N2O3/c1-3-4-5-9-20-10-8-15(18)17-13-7-6-12(16)11-14(13)19-2/h6-7,11H,3-5,8-10,16H2,1-2H3,(H,17,18). The second-order valence-corrected chi connectivity index (χ2v) is 4.58. The van der Waals surface area contributed by atoms with E-state index >= 15 is 0 Å². The molecule has 0 heterocycles. The number of amides is 1. The topological polar surface area (TPSA) is 73.6 Å². The Bertz CT molecular complexity index is 422. The first-order valence-corrected chi connectivity index (χ1v) is 6.98. The number of carbonyl (C=O) groups is 1. The zero-order valence-electron chi connectivity index (χ0n) is 12.3. The highest BCUT2D eigenvalue weighted by molar-refractivity contribution is 5.92. The zero-order valence-corrected chi connectivity index (χ0v) is 12.3. The second kappa shape index (κ2) is 9.20. The van der Waals surface area contributed by atoms with E-state index in [1.165, 1.54) is 6.42 Å². The molecule has 1 amide bonds. The molecule has 0 bridgehead atoms. The van der Waals surface area contributed by atoms with Gasteiger partial charge in [0, 0.05) is 18.4 Å². The van der Waals surface area contributed by atoms with Crippen LogP contribution in [0.5, 0.6) is 5.75 Å². The minimum absolute atomic E-state index is 0.0939. The molecule has 0 aliphatic carbocycles. The lowest BCUT2D eigenvalue weighted by Gasteiger charge is -2.11. The normalized spacial score (nSPS) is 10.3. The molecule has 3 N–H and O–H groups in total. The minimum atomic E-state index is -0.0939. The first-order valence-electron chi connectivity index (χ1n) is 6.98. The number of hydrogen-bond acceptors (Lipinski definition) is 4. The first kappa shape index (κ1) is 16.3. The molecule has 20 heavy (non-hydrogen) atoms. The Balaban J connectivity index is 2.32. The molecular weight excluding hydrogens is 256 g/mol. The summed E-state index contributed by atoms with van der Waals surface area (Å²) in [4.78, 5) is 11.8. The molecule has 1 aromatic carbocycles. The number of rotatable bonds is 9. The van der Waals surface area contributed by atoms with E-state index in [0.29, 0.717) is 36.8 Å². The monoisotopic (exact) mass is 280 g/mol. The van der Waals surface area contributed by atoms with Crippen LogP contribution in [-0.2, 0) is 9.53 Å². The SMILES string of the molecule is CCCCCOCCC(=O)Nc1ccc(N)cc1OC. The quantitative estimate of drug-likeness (QED) is 0.539. The number of unbranched alkanes of at least 4 members (excludes halogenated alkanes) is 2. The third-order valence-electron chi connectivity index (χ3n) is 2.87. The van der Waals surface area contributed by atoms with Crippen molar-refractivity contribution in [2.24, 2.45) is 0 Å². The average Bonchev–Trinajstić information content (AvgIpc) is 2.44. The Morgan fingerprint density at radius 2 is 2.10 bits per heavy atom. The van der Waals surface area contributed by atoms with Crippen LogP contribution in [0.15, 0.2) is 18.2 Å². The molecule has 1 rings (SSSR count). The smallest absolute Gasteiger partial charge is 0.226 e. The van der Waals surface area contributed by atoms with Crippen LogP contribution in [0.1, 0.15) is 32.6 Å². The summed E-state index contributed by atoms with van der Waals surface area (Å²) >= 11 is 0. The maximum absolute atomic E-state index is 11.8. The first-order chi connectivity index (χ1) is 9.67. The number of ether oxygens (including phenoxy) is 2. The van der Waals surface area contributed by atoms with Crippen molar-refractivity contribution in [3.05, 3.63) is 18.2 Å². The summed E-state index contributed by atoms with van der Waals surface area (Å²) in [5.74, 6) is 0.464. The van der Waals surface area contributed by atoms with Crippen molar-refractivity contribution in [3.8, 4) is 5.75 Å². The second-order valence-electron chi connectivity index (χ2n) is 4.58. The molecule has 1 aromatic rings. The largest absolute Gasteiger partial charge is 0.494 e. The number of methoxy groups -OCH3 is 1. The molecule has 0 atom stereocenters. The summed E-state index contributed by atoms with van der Waals surface area (Å²) in [7, 11) is 1.54. The number of nitrogens with one attached hydrogen (secondary N) is 1. The van der Waals surface area contributed by atoms with E-state index in [2.05, 4.69) is 12.2 Å². The van der Waals surface area contributed by atoms with Crippen molar-refractivity contribution < 1.29 is 14.3 Å². The van der Waals surface area contributed by atoms with E-state index in [4.69, 9.17) is 15.2 Å². The molecule has 0 unspecified atom stereocenters. The lowest BCUT2D eigenvalue weighted by molar-refractivity contribution is -0.117. The average molecular weight is 280 g/mol. The van der Waals surface area contributed by atoms with Crippen molar-refractivity contribution in [1.82, 2.24) is 0 Å². The molecule has 0 saturated carbocycles. The van der Waals surface area contributed by atoms with Crippen LogP contribution in [-0.4, -0.2) is 26.2 Å². The fraction of sp³-hybridized carbons (Fsp3) is 0.533. The van der Waals surface area contributed by atoms with Gasteiger partial charge in [0.1, 0.15) is 5.75 Å². The molecule has 5 nitrogen and oxygen atoms in total. The van der Waals surface area contributed by atoms with E-state index < -0.39 is 0 Å². The molecule has 0 spiro atoms. The van der Waals surface area contributed by atoms with Gasteiger partial charge < -0.3 is 20.5 Å². The van der Waals surface area contributed by atoms with Crippen LogP contribution in [0.2, 0.25) is 0 Å². The Labute approximate surface area is 120 Å². The van der Waals surface area contributed by atoms with Crippen molar-refractivity contribution in [2.45, 2.75) is 32.6 Å². The van der Waals surface area contributed by atoms with Gasteiger partial charge in [0.2, 0.25) is 5.91 Å². The van der Waals surface area contributed by atoms with Crippen LogP contribution in [0, 0.1) is 0 Å². The van der Waals surface area contributed by atoms with Gasteiger partial charge in [-0.05, 0) is 18.6 Å². The highest BCUT2D eigenvalue weighted by Crippen LogP contribution is 2.26. The Kier molecular flexibility index (Phi) is 7.50. The molecular formula is C15H24N2O3. The van der Waals surface area contributed by atoms with Gasteiger partial charge >= 0.3 is 0 Å². The summed E-state index contributed by atoms with van der Waals surface area (Å²) in [5, 5.41) is 2.79. The molecule has 0 saturated heterocycles. The molecule has 0 aromatic heterocycles. The van der Waals surface area contributed by atoms with Crippen LogP contribution in [0.4, 0.5) is 11.4 Å². The highest BCUT2D eigenvalue weighted by Gasteiger charge is 2.07. The molecule has 0 radical (unpaired) electrons. The number of hydrogen-bond donors (Lipinski definition) is 2. The molecule has 0 aliphatic rings. The molecule has 0 fully saturated rings. The summed E-state index contributed by atoms with van der Waals surface area (Å²) in [6, 6.07) is 5.13. The zero-order chi connectivity index (χ0) is 14.8. The Hall–Kier alpha value is -1.75. The lowest BCUT2D eigenvalue weighted by Crippen LogP contribution is -2.15. The third kappa shape index (κ3) is 5.93. The van der Waals surface area contributed by atoms with Gasteiger partial charge in [0.25, 0.3) is 0 Å². The van der Waals surface area contributed by atoms with Crippen LogP contribution < -0.4 is 15.8 Å². The highest BCUT2D eigenvalue weighted by atomic mass is 16.5. The van der Waals surface area contributed by atoms with E-state index in [0.717, 1.165) is 12.8 Å². The Morgan fingerprint density at radius 1 is 1.30 bits per heavy atom. The van der Waals surface area contributed by atoms with E-state index in [1.54, 1.807) is 25.3 Å². The van der Waals surface area contributed by atoms with Crippen molar-refractivity contribution >= 4 is 17.3 Å². The predicted octanol–water partition coefficient (Wildman–Crippen LogP) is 2.81. The number of nitrogens with two attached hydrogens (primary N) is 1. The number of anilines is 2. The lowest BCUT2D eigenvalue weighted by atomic mass is 10.2. The summed E-state index contributed by atoms with van der Waals surface area (Å²) < 4.78 is 10.6. The van der Waals surface area contributed by atoms with E-state index in [9.17, 15) is 4.79 Å². The fourth-order valence-corrected chi connectivity index (χ4v) is 1.74. The van der Waals surface area contributed by atoms with Gasteiger partial charge in [-0.3, -0.25) is 4.79 Å². The summed E-state index contributed by atoms with van der Waals surface area (Å²) in [6.07, 6.45) is 3.71. The van der Waals surface area contributed by atoms with Gasteiger partial charge in [0.15, 0.2) is 0 Å². The molecule has 5 heteroatoms. The molecule has 0 aliphatic heterocycles. The van der Waals surface area contributed by atoms with Gasteiger partial charge in [0.05, 0.1) is 25.8 Å². The van der Waals surface area contributed by atoms with Gasteiger partial charge in [-0.2, -0.15) is 0 Å². The van der Waals surface area contributed by atoms with Crippen LogP contribution in [0.3, 0.4) is 0 Å². The Morgan fingerprint density at radius 3 is 2.80 bits per heavy atom. The van der Waals surface area contributed by atoms with Crippen LogP contribution in [0.25, 0.3) is 0 Å². The number of nitrogen functional groups attached to an aromatic ring is 1. The summed E-state index contributed by atoms with van der Waals surface area (Å²) in [6.45, 7) is 3.30. The van der Waals surface area contributed by atoms with E-state index in [-0.39, 0.29) is 5.91 Å².